The van der Waals surface area contributed by atoms with Crippen LogP contribution >= 0.6 is 11.6 Å². The number of hydrogen-bond donors (Lipinski definition) is 1. The predicted octanol–water partition coefficient (Wildman–Crippen LogP) is 5.54. The summed E-state index contributed by atoms with van der Waals surface area (Å²) in [4.78, 5) is 12.9. The highest BCUT2D eigenvalue weighted by molar-refractivity contribution is 6.30. The van der Waals surface area contributed by atoms with Crippen LogP contribution in [0.4, 0.5) is 19.0 Å². The Morgan fingerprint density at radius 2 is 1.77 bits per heavy atom. The molecule has 0 fully saturated rings. The van der Waals surface area contributed by atoms with Crippen molar-refractivity contribution < 1.29 is 13.2 Å². The smallest absolute Gasteiger partial charge is 0.266 e. The lowest BCUT2D eigenvalue weighted by Crippen LogP contribution is -2.12. The fourth-order valence-corrected chi connectivity index (χ4v) is 3.06. The van der Waals surface area contributed by atoms with Crippen molar-refractivity contribution >= 4 is 28.3 Å². The quantitative estimate of drug-likeness (QED) is 0.603. The molecule has 0 radical (unpaired) electrons. The zero-order valence-corrected chi connectivity index (χ0v) is 15.1. The first-order chi connectivity index (χ1) is 12.3. The van der Waals surface area contributed by atoms with Crippen LogP contribution in [0.1, 0.15) is 42.0 Å². The van der Waals surface area contributed by atoms with Crippen LogP contribution in [0, 0.1) is 19.7 Å². The van der Waals surface area contributed by atoms with Gasteiger partial charge in [-0.15, -0.1) is 0 Å². The molecule has 0 bridgehead atoms. The molecule has 0 saturated heterocycles. The van der Waals surface area contributed by atoms with Gasteiger partial charge in [-0.25, -0.2) is 28.1 Å². The van der Waals surface area contributed by atoms with E-state index in [4.69, 9.17) is 11.6 Å². The van der Waals surface area contributed by atoms with Gasteiger partial charge in [0.1, 0.15) is 22.6 Å². The number of rotatable bonds is 4. The first-order valence-electron chi connectivity index (χ1n) is 7.92. The maximum Gasteiger partial charge on any atom is 0.266 e. The summed E-state index contributed by atoms with van der Waals surface area (Å²) < 4.78 is 40.3. The molecule has 1 aromatic carbocycles. The number of halogens is 4. The standard InChI is InChI=1S/C18H16ClF3N4/c1-8(11-5-4-6-12(15(11)20)17(21)22)24-18-13-7-14(19)23-9(2)16(13)25-10(3)26-18/h4-8,17H,1-3H3,(H,24,25,26)/t8-/m1/s1. The first-order valence-corrected chi connectivity index (χ1v) is 8.30. The topological polar surface area (TPSA) is 50.7 Å². The molecule has 4 nitrogen and oxygen atoms in total. The number of aromatic nitrogens is 3. The predicted molar refractivity (Wildman–Crippen MR) is 95.2 cm³/mol. The summed E-state index contributed by atoms with van der Waals surface area (Å²) >= 11 is 6.03. The molecule has 3 aromatic rings. The lowest BCUT2D eigenvalue weighted by Gasteiger charge is -2.19. The van der Waals surface area contributed by atoms with Crippen LogP contribution < -0.4 is 5.32 Å². The molecular weight excluding hydrogens is 365 g/mol. The van der Waals surface area contributed by atoms with Crippen LogP contribution in [0.2, 0.25) is 5.15 Å². The van der Waals surface area contributed by atoms with E-state index in [1.165, 1.54) is 12.1 Å². The molecule has 1 atom stereocenters. The van der Waals surface area contributed by atoms with Crippen molar-refractivity contribution in [2.24, 2.45) is 0 Å². The number of benzene rings is 1. The number of anilines is 1. The van der Waals surface area contributed by atoms with Crippen molar-refractivity contribution in [3.8, 4) is 0 Å². The van der Waals surface area contributed by atoms with Crippen LogP contribution in [-0.4, -0.2) is 15.0 Å². The Labute approximate surface area is 153 Å². The fourth-order valence-electron chi connectivity index (χ4n) is 2.82. The van der Waals surface area contributed by atoms with Crippen LogP contribution in [0.15, 0.2) is 24.3 Å². The Hall–Kier alpha value is -2.41. The molecule has 0 spiro atoms. The van der Waals surface area contributed by atoms with Gasteiger partial charge in [-0.2, -0.15) is 0 Å². The number of fused-ring (bicyclic) bond motifs is 1. The van der Waals surface area contributed by atoms with Gasteiger partial charge in [0.2, 0.25) is 0 Å². The molecule has 0 aliphatic carbocycles. The van der Waals surface area contributed by atoms with E-state index in [2.05, 4.69) is 20.3 Å². The molecular formula is C18H16ClF3N4. The number of hydrogen-bond acceptors (Lipinski definition) is 4. The van der Waals surface area contributed by atoms with Crippen LogP contribution in [0.5, 0.6) is 0 Å². The lowest BCUT2D eigenvalue weighted by molar-refractivity contribution is 0.146. The summed E-state index contributed by atoms with van der Waals surface area (Å²) in [6.07, 6.45) is -2.88. The number of pyridine rings is 1. The normalized spacial score (nSPS) is 12.6. The van der Waals surface area contributed by atoms with E-state index < -0.39 is 23.8 Å². The molecule has 2 aromatic heterocycles. The Morgan fingerprint density at radius 3 is 2.46 bits per heavy atom. The summed E-state index contributed by atoms with van der Waals surface area (Å²) in [6, 6.07) is 4.97. The van der Waals surface area contributed by atoms with E-state index in [1.807, 2.05) is 0 Å². The van der Waals surface area contributed by atoms with Gasteiger partial charge in [0, 0.05) is 10.9 Å². The fraction of sp³-hybridized carbons (Fsp3) is 0.278. The molecule has 0 unspecified atom stereocenters. The number of nitrogens with zero attached hydrogens (tertiary/aromatic N) is 3. The molecule has 8 heteroatoms. The van der Waals surface area contributed by atoms with E-state index in [0.29, 0.717) is 28.2 Å². The summed E-state index contributed by atoms with van der Waals surface area (Å²) in [6.45, 7) is 5.17. The lowest BCUT2D eigenvalue weighted by atomic mass is 10.0. The van der Waals surface area contributed by atoms with Gasteiger partial charge in [-0.05, 0) is 26.8 Å². The van der Waals surface area contributed by atoms with Gasteiger partial charge < -0.3 is 5.32 Å². The zero-order chi connectivity index (χ0) is 19.0. The van der Waals surface area contributed by atoms with Crippen molar-refractivity contribution in [3.05, 3.63) is 57.9 Å². The maximum absolute atomic E-state index is 14.4. The molecule has 136 valence electrons. The Bertz CT molecular complexity index is 978. The van der Waals surface area contributed by atoms with Gasteiger partial charge in [0.25, 0.3) is 6.43 Å². The Kier molecular flexibility index (Phi) is 5.00. The molecule has 1 N–H and O–H groups in total. The SMILES string of the molecule is Cc1nc(N[C@H](C)c2cccc(C(F)F)c2F)c2cc(Cl)nc(C)c2n1. The van der Waals surface area contributed by atoms with Crippen molar-refractivity contribution in [2.75, 3.05) is 5.32 Å². The summed E-state index contributed by atoms with van der Waals surface area (Å²) in [5, 5.41) is 3.99. The van der Waals surface area contributed by atoms with Gasteiger partial charge in [-0.1, -0.05) is 29.8 Å². The average Bonchev–Trinajstić information content (AvgIpc) is 2.55. The minimum Gasteiger partial charge on any atom is -0.363 e. The molecule has 3 rings (SSSR count). The average molecular weight is 381 g/mol. The van der Waals surface area contributed by atoms with Gasteiger partial charge in [0.05, 0.1) is 22.8 Å². The molecule has 0 aliphatic heterocycles. The Balaban J connectivity index is 2.06. The molecule has 2 heterocycles. The van der Waals surface area contributed by atoms with Crippen molar-refractivity contribution in [1.82, 2.24) is 15.0 Å². The molecule has 0 aliphatic rings. The number of alkyl halides is 2. The second-order valence-electron chi connectivity index (χ2n) is 5.96. The second-order valence-corrected chi connectivity index (χ2v) is 6.35. The van der Waals surface area contributed by atoms with E-state index in [1.54, 1.807) is 26.8 Å². The molecule has 26 heavy (non-hydrogen) atoms. The van der Waals surface area contributed by atoms with Crippen molar-refractivity contribution in [2.45, 2.75) is 33.2 Å². The van der Waals surface area contributed by atoms with Gasteiger partial charge in [0.15, 0.2) is 0 Å². The van der Waals surface area contributed by atoms with Crippen molar-refractivity contribution in [1.29, 1.82) is 0 Å². The van der Waals surface area contributed by atoms with Crippen LogP contribution in [0.3, 0.4) is 0 Å². The van der Waals surface area contributed by atoms with E-state index in [0.717, 1.165) is 6.07 Å². The number of nitrogens with one attached hydrogen (secondary N) is 1. The summed E-state index contributed by atoms with van der Waals surface area (Å²) in [5.74, 6) is 0.0175. The monoisotopic (exact) mass is 380 g/mol. The zero-order valence-electron chi connectivity index (χ0n) is 14.3. The minimum atomic E-state index is -2.88. The third kappa shape index (κ3) is 3.44. The second kappa shape index (κ2) is 7.07. The van der Waals surface area contributed by atoms with Crippen LogP contribution in [0.25, 0.3) is 10.9 Å². The highest BCUT2D eigenvalue weighted by Crippen LogP contribution is 2.31. The molecule has 0 saturated carbocycles. The van der Waals surface area contributed by atoms with E-state index in [-0.39, 0.29) is 10.7 Å². The summed E-state index contributed by atoms with van der Waals surface area (Å²) in [7, 11) is 0. The summed E-state index contributed by atoms with van der Waals surface area (Å²) in [5.41, 5.74) is 0.769. The maximum atomic E-state index is 14.4. The third-order valence-electron chi connectivity index (χ3n) is 4.05. The third-order valence-corrected chi connectivity index (χ3v) is 4.25. The van der Waals surface area contributed by atoms with Gasteiger partial charge in [-0.3, -0.25) is 0 Å². The number of aryl methyl sites for hydroxylation is 2. The highest BCUT2D eigenvalue weighted by atomic mass is 35.5. The highest BCUT2D eigenvalue weighted by Gasteiger charge is 2.20. The minimum absolute atomic E-state index is 0.129. The van der Waals surface area contributed by atoms with Crippen molar-refractivity contribution in [3.63, 3.8) is 0 Å². The largest absolute Gasteiger partial charge is 0.363 e. The first kappa shape index (κ1) is 18.4. The van der Waals surface area contributed by atoms with E-state index in [9.17, 15) is 13.2 Å². The Morgan fingerprint density at radius 1 is 1.08 bits per heavy atom. The van der Waals surface area contributed by atoms with Crippen LogP contribution in [-0.2, 0) is 0 Å². The van der Waals surface area contributed by atoms with E-state index >= 15 is 0 Å². The molecule has 0 amide bonds. The van der Waals surface area contributed by atoms with Gasteiger partial charge >= 0.3 is 0 Å².